The summed E-state index contributed by atoms with van der Waals surface area (Å²) in [6.45, 7) is 17.4. The van der Waals surface area contributed by atoms with Gasteiger partial charge in [-0.3, -0.25) is 9.59 Å². The molecule has 0 spiro atoms. The minimum absolute atomic E-state index is 0.0650. The lowest BCUT2D eigenvalue weighted by atomic mass is 10.1. The number of benzene rings is 1. The van der Waals surface area contributed by atoms with Gasteiger partial charge in [0.2, 0.25) is 11.8 Å². The summed E-state index contributed by atoms with van der Waals surface area (Å²) in [6, 6.07) is 7.40. The van der Waals surface area contributed by atoms with Gasteiger partial charge in [-0.25, -0.2) is 4.98 Å². The standard InChI is InChI=1S/C23H34N4O2/c1-15(2)12-26(13-16(3)4)21(28)14-27-20-11-9-8-10-19(20)25-22(27)18(7)24-23(29)17(5)6/h8-11,15-16,18H,5,12-14H2,1-4,6-7H3,(H,24,29). The minimum Gasteiger partial charge on any atom is -0.343 e. The number of para-hydroxylation sites is 2. The van der Waals surface area contributed by atoms with E-state index < -0.39 is 0 Å². The summed E-state index contributed by atoms with van der Waals surface area (Å²) in [4.78, 5) is 32.0. The van der Waals surface area contributed by atoms with E-state index in [4.69, 9.17) is 4.98 Å². The van der Waals surface area contributed by atoms with E-state index in [1.165, 1.54) is 0 Å². The quantitative estimate of drug-likeness (QED) is 0.651. The Morgan fingerprint density at radius 3 is 2.24 bits per heavy atom. The minimum atomic E-state index is -0.344. The zero-order chi connectivity index (χ0) is 21.7. The molecule has 2 aromatic rings. The molecule has 0 saturated heterocycles. The van der Waals surface area contributed by atoms with Crippen LogP contribution >= 0.6 is 0 Å². The number of amides is 2. The Balaban J connectivity index is 2.38. The van der Waals surface area contributed by atoms with Gasteiger partial charge in [0.05, 0.1) is 17.1 Å². The van der Waals surface area contributed by atoms with E-state index in [0.29, 0.717) is 23.2 Å². The number of hydrogen-bond acceptors (Lipinski definition) is 3. The number of fused-ring (bicyclic) bond motifs is 1. The van der Waals surface area contributed by atoms with Crippen LogP contribution in [0.15, 0.2) is 36.4 Å². The summed E-state index contributed by atoms with van der Waals surface area (Å²) in [6.07, 6.45) is 0. The molecule has 1 heterocycles. The smallest absolute Gasteiger partial charge is 0.246 e. The molecule has 1 aromatic heterocycles. The van der Waals surface area contributed by atoms with Crippen molar-refractivity contribution in [3.8, 4) is 0 Å². The number of carbonyl (C=O) groups excluding carboxylic acids is 2. The Hall–Kier alpha value is -2.63. The fourth-order valence-electron chi connectivity index (χ4n) is 3.37. The molecule has 6 heteroatoms. The van der Waals surface area contributed by atoms with Gasteiger partial charge in [0.15, 0.2) is 0 Å². The van der Waals surface area contributed by atoms with Crippen molar-refractivity contribution in [1.82, 2.24) is 19.8 Å². The predicted octanol–water partition coefficient (Wildman–Crippen LogP) is 3.93. The third-order valence-corrected chi connectivity index (χ3v) is 4.62. The Morgan fingerprint density at radius 1 is 1.10 bits per heavy atom. The average molecular weight is 399 g/mol. The van der Waals surface area contributed by atoms with Gasteiger partial charge in [-0.15, -0.1) is 0 Å². The number of carbonyl (C=O) groups is 2. The summed E-state index contributed by atoms with van der Waals surface area (Å²) in [5, 5.41) is 2.92. The van der Waals surface area contributed by atoms with Crippen molar-refractivity contribution in [2.75, 3.05) is 13.1 Å². The fraction of sp³-hybridized carbons (Fsp3) is 0.522. The van der Waals surface area contributed by atoms with Crippen LogP contribution < -0.4 is 5.32 Å². The average Bonchev–Trinajstić information content (AvgIpc) is 2.99. The van der Waals surface area contributed by atoms with E-state index in [-0.39, 0.29) is 24.4 Å². The van der Waals surface area contributed by atoms with Gasteiger partial charge in [-0.2, -0.15) is 0 Å². The second-order valence-corrected chi connectivity index (χ2v) is 8.61. The maximum atomic E-state index is 13.2. The van der Waals surface area contributed by atoms with E-state index in [1.54, 1.807) is 6.92 Å². The van der Waals surface area contributed by atoms with E-state index in [9.17, 15) is 9.59 Å². The van der Waals surface area contributed by atoms with Crippen LogP contribution in [0.4, 0.5) is 0 Å². The van der Waals surface area contributed by atoms with Crippen molar-refractivity contribution >= 4 is 22.8 Å². The number of rotatable bonds is 9. The zero-order valence-corrected chi connectivity index (χ0v) is 18.5. The van der Waals surface area contributed by atoms with Gasteiger partial charge in [0.1, 0.15) is 12.4 Å². The first-order chi connectivity index (χ1) is 13.6. The molecule has 1 atom stereocenters. The Labute approximate surface area is 174 Å². The SMILES string of the molecule is C=C(C)C(=O)NC(C)c1nc2ccccc2n1CC(=O)N(CC(C)C)CC(C)C. The Morgan fingerprint density at radius 2 is 1.69 bits per heavy atom. The molecule has 0 radical (unpaired) electrons. The molecule has 1 N–H and O–H groups in total. The zero-order valence-electron chi connectivity index (χ0n) is 18.5. The number of aromatic nitrogens is 2. The van der Waals surface area contributed by atoms with Gasteiger partial charge < -0.3 is 14.8 Å². The highest BCUT2D eigenvalue weighted by atomic mass is 16.2. The summed E-state index contributed by atoms with van der Waals surface area (Å²) in [5.74, 6) is 1.30. The topological polar surface area (TPSA) is 67.2 Å². The molecule has 0 aliphatic heterocycles. The molecule has 6 nitrogen and oxygen atoms in total. The molecule has 1 unspecified atom stereocenters. The van der Waals surface area contributed by atoms with Gasteiger partial charge in [0.25, 0.3) is 0 Å². The maximum Gasteiger partial charge on any atom is 0.246 e. The van der Waals surface area contributed by atoms with E-state index >= 15 is 0 Å². The van der Waals surface area contributed by atoms with Gasteiger partial charge >= 0.3 is 0 Å². The van der Waals surface area contributed by atoms with Crippen LogP contribution in [0.25, 0.3) is 11.0 Å². The van der Waals surface area contributed by atoms with Crippen molar-refractivity contribution in [3.63, 3.8) is 0 Å². The van der Waals surface area contributed by atoms with Crippen LogP contribution in [0, 0.1) is 11.8 Å². The molecule has 0 fully saturated rings. The van der Waals surface area contributed by atoms with Crippen LogP contribution in [0.2, 0.25) is 0 Å². The van der Waals surface area contributed by atoms with Gasteiger partial charge in [-0.05, 0) is 37.8 Å². The van der Waals surface area contributed by atoms with E-state index in [2.05, 4.69) is 39.6 Å². The highest BCUT2D eigenvalue weighted by molar-refractivity contribution is 5.92. The Bertz CT molecular complexity index is 872. The highest BCUT2D eigenvalue weighted by Gasteiger charge is 2.23. The molecule has 2 amide bonds. The lowest BCUT2D eigenvalue weighted by molar-refractivity contribution is -0.132. The fourth-order valence-corrected chi connectivity index (χ4v) is 3.37. The monoisotopic (exact) mass is 398 g/mol. The van der Waals surface area contributed by atoms with Crippen molar-refractivity contribution in [1.29, 1.82) is 0 Å². The lowest BCUT2D eigenvalue weighted by Gasteiger charge is -2.27. The number of nitrogens with one attached hydrogen (secondary N) is 1. The second-order valence-electron chi connectivity index (χ2n) is 8.61. The second kappa shape index (κ2) is 9.72. The van der Waals surface area contributed by atoms with Crippen molar-refractivity contribution in [3.05, 3.63) is 42.2 Å². The van der Waals surface area contributed by atoms with Crippen molar-refractivity contribution in [2.24, 2.45) is 11.8 Å². The van der Waals surface area contributed by atoms with Crippen LogP contribution in [-0.4, -0.2) is 39.4 Å². The van der Waals surface area contributed by atoms with Crippen LogP contribution in [0.1, 0.15) is 53.4 Å². The third kappa shape index (κ3) is 5.92. The molecule has 1 aromatic carbocycles. The Kier molecular flexibility index (Phi) is 7.59. The molecule has 0 bridgehead atoms. The summed E-state index contributed by atoms with van der Waals surface area (Å²) in [5.41, 5.74) is 2.14. The van der Waals surface area contributed by atoms with Gasteiger partial charge in [-0.1, -0.05) is 46.4 Å². The van der Waals surface area contributed by atoms with Gasteiger partial charge in [0, 0.05) is 18.7 Å². The van der Waals surface area contributed by atoms with E-state index in [0.717, 1.165) is 24.1 Å². The number of imidazole rings is 1. The molecule has 0 saturated carbocycles. The summed E-state index contributed by atoms with van der Waals surface area (Å²) >= 11 is 0. The van der Waals surface area contributed by atoms with Crippen LogP contribution in [0.5, 0.6) is 0 Å². The van der Waals surface area contributed by atoms with Crippen LogP contribution in [-0.2, 0) is 16.1 Å². The number of nitrogens with zero attached hydrogens (tertiary/aromatic N) is 3. The first kappa shape index (κ1) is 22.7. The number of hydrogen-bond donors (Lipinski definition) is 1. The van der Waals surface area contributed by atoms with Crippen molar-refractivity contribution < 1.29 is 9.59 Å². The molecule has 29 heavy (non-hydrogen) atoms. The molecule has 2 rings (SSSR count). The predicted molar refractivity (Wildman–Crippen MR) is 117 cm³/mol. The first-order valence-corrected chi connectivity index (χ1v) is 10.3. The molecule has 0 aliphatic rings. The largest absolute Gasteiger partial charge is 0.343 e. The summed E-state index contributed by atoms with van der Waals surface area (Å²) < 4.78 is 1.93. The first-order valence-electron chi connectivity index (χ1n) is 10.3. The highest BCUT2D eigenvalue weighted by Crippen LogP contribution is 2.21. The lowest BCUT2D eigenvalue weighted by Crippen LogP contribution is -2.39. The molecular formula is C23H34N4O2. The molecule has 0 aliphatic carbocycles. The van der Waals surface area contributed by atoms with Crippen molar-refractivity contribution in [2.45, 2.75) is 54.1 Å². The summed E-state index contributed by atoms with van der Waals surface area (Å²) in [7, 11) is 0. The molecular weight excluding hydrogens is 364 g/mol. The normalized spacial score (nSPS) is 12.4. The maximum absolute atomic E-state index is 13.2. The van der Waals surface area contributed by atoms with Crippen LogP contribution in [0.3, 0.4) is 0 Å². The molecule has 158 valence electrons. The third-order valence-electron chi connectivity index (χ3n) is 4.62. The van der Waals surface area contributed by atoms with E-state index in [1.807, 2.05) is 40.7 Å².